The number of nitrogens with one attached hydrogen (secondary N) is 1. The molecule has 27 heavy (non-hydrogen) atoms. The van der Waals surface area contributed by atoms with Crippen LogP contribution in [0.3, 0.4) is 0 Å². The summed E-state index contributed by atoms with van der Waals surface area (Å²) in [4.78, 5) is 12.4. The summed E-state index contributed by atoms with van der Waals surface area (Å²) in [5.74, 6) is 1.39. The molecule has 3 rings (SSSR count). The van der Waals surface area contributed by atoms with Crippen molar-refractivity contribution in [3.8, 4) is 11.5 Å². The zero-order chi connectivity index (χ0) is 19.1. The van der Waals surface area contributed by atoms with Crippen LogP contribution in [0.2, 0.25) is 0 Å². The van der Waals surface area contributed by atoms with Gasteiger partial charge in [0.15, 0.2) is 0 Å². The normalized spacial score (nSPS) is 10.3. The number of carbonyl (C=O) groups is 1. The number of benzene rings is 3. The predicted octanol–water partition coefficient (Wildman–Crippen LogP) is 5.01. The second-order valence-corrected chi connectivity index (χ2v) is 6.24. The predicted molar refractivity (Wildman–Crippen MR) is 108 cm³/mol. The van der Waals surface area contributed by atoms with Crippen molar-refractivity contribution >= 4 is 11.6 Å². The van der Waals surface area contributed by atoms with Crippen LogP contribution >= 0.6 is 0 Å². The minimum atomic E-state index is -0.136. The summed E-state index contributed by atoms with van der Waals surface area (Å²) >= 11 is 0. The summed E-state index contributed by atoms with van der Waals surface area (Å²) in [6, 6.07) is 22.6. The second kappa shape index (κ2) is 8.90. The molecular weight excluding hydrogens is 338 g/mol. The molecule has 0 saturated carbocycles. The summed E-state index contributed by atoms with van der Waals surface area (Å²) < 4.78 is 11.2. The number of ether oxygens (including phenoxy) is 2. The Bertz CT molecular complexity index is 889. The number of carbonyl (C=O) groups excluding carboxylic acids is 1. The highest BCUT2D eigenvalue weighted by Crippen LogP contribution is 2.20. The van der Waals surface area contributed by atoms with Crippen molar-refractivity contribution in [2.24, 2.45) is 0 Å². The van der Waals surface area contributed by atoms with Crippen molar-refractivity contribution in [1.29, 1.82) is 0 Å². The first kappa shape index (κ1) is 18.5. The van der Waals surface area contributed by atoms with Gasteiger partial charge in [-0.15, -0.1) is 0 Å². The summed E-state index contributed by atoms with van der Waals surface area (Å²) in [5.41, 5.74) is 3.64. The van der Waals surface area contributed by atoms with Crippen LogP contribution in [-0.2, 0) is 0 Å². The van der Waals surface area contributed by atoms with Crippen LogP contribution in [-0.4, -0.2) is 19.1 Å². The van der Waals surface area contributed by atoms with E-state index in [2.05, 4.69) is 5.32 Å². The van der Waals surface area contributed by atoms with Crippen LogP contribution in [0.5, 0.6) is 11.5 Å². The minimum absolute atomic E-state index is 0.136. The molecule has 0 aliphatic carbocycles. The van der Waals surface area contributed by atoms with Crippen LogP contribution in [0.1, 0.15) is 21.5 Å². The number of hydrogen-bond acceptors (Lipinski definition) is 3. The van der Waals surface area contributed by atoms with Crippen molar-refractivity contribution < 1.29 is 14.3 Å². The van der Waals surface area contributed by atoms with Gasteiger partial charge in [0.1, 0.15) is 24.7 Å². The number of aryl methyl sites for hydroxylation is 1. The van der Waals surface area contributed by atoms with E-state index in [0.29, 0.717) is 24.5 Å². The summed E-state index contributed by atoms with van der Waals surface area (Å²) in [6.07, 6.45) is 0. The van der Waals surface area contributed by atoms with Gasteiger partial charge in [0, 0.05) is 11.3 Å². The van der Waals surface area contributed by atoms with Crippen molar-refractivity contribution in [3.05, 3.63) is 89.5 Å². The fourth-order valence-electron chi connectivity index (χ4n) is 2.62. The van der Waals surface area contributed by atoms with Gasteiger partial charge in [-0.05, 0) is 67.4 Å². The number of hydrogen-bond donors (Lipinski definition) is 1. The van der Waals surface area contributed by atoms with Gasteiger partial charge in [-0.25, -0.2) is 0 Å². The summed E-state index contributed by atoms with van der Waals surface area (Å²) in [5, 5.41) is 2.96. The Morgan fingerprint density at radius 2 is 1.41 bits per heavy atom. The number of rotatable bonds is 7. The van der Waals surface area contributed by atoms with Gasteiger partial charge < -0.3 is 14.8 Å². The first-order valence-corrected chi connectivity index (χ1v) is 8.92. The molecule has 0 saturated heterocycles. The molecule has 0 fully saturated rings. The van der Waals surface area contributed by atoms with E-state index in [9.17, 15) is 4.79 Å². The SMILES string of the molecule is Cc1cccc(NC(=O)c2ccc(OCCOc3ccccc3)cc2)c1C. The minimum Gasteiger partial charge on any atom is -0.490 e. The molecule has 0 spiro atoms. The van der Waals surface area contributed by atoms with Crippen LogP contribution in [0.25, 0.3) is 0 Å². The van der Waals surface area contributed by atoms with Crippen LogP contribution < -0.4 is 14.8 Å². The molecule has 0 heterocycles. The molecule has 0 aliphatic heterocycles. The van der Waals surface area contributed by atoms with E-state index >= 15 is 0 Å². The molecule has 4 nitrogen and oxygen atoms in total. The van der Waals surface area contributed by atoms with Gasteiger partial charge in [0.25, 0.3) is 5.91 Å². The van der Waals surface area contributed by atoms with E-state index in [0.717, 1.165) is 22.6 Å². The Morgan fingerprint density at radius 3 is 2.07 bits per heavy atom. The van der Waals surface area contributed by atoms with E-state index in [1.165, 1.54) is 0 Å². The maximum Gasteiger partial charge on any atom is 0.255 e. The first-order chi connectivity index (χ1) is 13.1. The molecule has 3 aromatic rings. The van der Waals surface area contributed by atoms with E-state index in [-0.39, 0.29) is 5.91 Å². The average Bonchev–Trinajstić information content (AvgIpc) is 2.70. The van der Waals surface area contributed by atoms with Gasteiger partial charge in [-0.2, -0.15) is 0 Å². The highest BCUT2D eigenvalue weighted by molar-refractivity contribution is 6.04. The highest BCUT2D eigenvalue weighted by atomic mass is 16.5. The molecule has 1 N–H and O–H groups in total. The number of para-hydroxylation sites is 1. The van der Waals surface area contributed by atoms with Crippen molar-refractivity contribution in [2.75, 3.05) is 18.5 Å². The molecule has 0 bridgehead atoms. The third kappa shape index (κ3) is 5.11. The number of anilines is 1. The molecule has 4 heteroatoms. The van der Waals surface area contributed by atoms with Crippen molar-refractivity contribution in [2.45, 2.75) is 13.8 Å². The van der Waals surface area contributed by atoms with Crippen molar-refractivity contribution in [3.63, 3.8) is 0 Å². The van der Waals surface area contributed by atoms with E-state index in [1.54, 1.807) is 24.3 Å². The Balaban J connectivity index is 1.50. The molecule has 0 aromatic heterocycles. The molecule has 0 atom stereocenters. The topological polar surface area (TPSA) is 47.6 Å². The monoisotopic (exact) mass is 361 g/mol. The lowest BCUT2D eigenvalue weighted by Crippen LogP contribution is -2.13. The number of amides is 1. The standard InChI is InChI=1S/C23H23NO3/c1-17-7-6-10-22(18(17)2)24-23(25)19-11-13-21(14-12-19)27-16-15-26-20-8-4-3-5-9-20/h3-14H,15-16H2,1-2H3,(H,24,25). The Labute approximate surface area is 159 Å². The molecule has 1 amide bonds. The Morgan fingerprint density at radius 1 is 0.778 bits per heavy atom. The second-order valence-electron chi connectivity index (χ2n) is 6.24. The first-order valence-electron chi connectivity index (χ1n) is 8.92. The van der Waals surface area contributed by atoms with Crippen LogP contribution in [0.15, 0.2) is 72.8 Å². The lowest BCUT2D eigenvalue weighted by molar-refractivity contribution is 0.102. The van der Waals surface area contributed by atoms with E-state index in [4.69, 9.17) is 9.47 Å². The smallest absolute Gasteiger partial charge is 0.255 e. The lowest BCUT2D eigenvalue weighted by Gasteiger charge is -2.11. The zero-order valence-corrected chi connectivity index (χ0v) is 15.6. The van der Waals surface area contributed by atoms with Gasteiger partial charge >= 0.3 is 0 Å². The fourth-order valence-corrected chi connectivity index (χ4v) is 2.62. The van der Waals surface area contributed by atoms with Gasteiger partial charge in [0.05, 0.1) is 0 Å². The molecule has 0 radical (unpaired) electrons. The Kier molecular flexibility index (Phi) is 6.10. The third-order valence-corrected chi connectivity index (χ3v) is 4.33. The van der Waals surface area contributed by atoms with Crippen molar-refractivity contribution in [1.82, 2.24) is 0 Å². The Hall–Kier alpha value is -3.27. The van der Waals surface area contributed by atoms with E-state index < -0.39 is 0 Å². The molecule has 0 aliphatic rings. The summed E-state index contributed by atoms with van der Waals surface area (Å²) in [6.45, 7) is 4.92. The third-order valence-electron chi connectivity index (χ3n) is 4.33. The quantitative estimate of drug-likeness (QED) is 0.602. The maximum atomic E-state index is 12.4. The van der Waals surface area contributed by atoms with Gasteiger partial charge in [-0.1, -0.05) is 30.3 Å². The maximum absolute atomic E-state index is 12.4. The van der Waals surface area contributed by atoms with E-state index in [1.807, 2.05) is 62.4 Å². The average molecular weight is 361 g/mol. The molecule has 3 aromatic carbocycles. The summed E-state index contributed by atoms with van der Waals surface area (Å²) in [7, 11) is 0. The van der Waals surface area contributed by atoms with Gasteiger partial charge in [-0.3, -0.25) is 4.79 Å². The van der Waals surface area contributed by atoms with Gasteiger partial charge in [0.2, 0.25) is 0 Å². The largest absolute Gasteiger partial charge is 0.490 e. The molecule has 138 valence electrons. The van der Waals surface area contributed by atoms with Crippen LogP contribution in [0, 0.1) is 13.8 Å². The van der Waals surface area contributed by atoms with Crippen LogP contribution in [0.4, 0.5) is 5.69 Å². The molecule has 0 unspecified atom stereocenters. The lowest BCUT2D eigenvalue weighted by atomic mass is 10.1. The fraction of sp³-hybridized carbons (Fsp3) is 0.174. The molecular formula is C23H23NO3. The zero-order valence-electron chi connectivity index (χ0n) is 15.6. The highest BCUT2D eigenvalue weighted by Gasteiger charge is 2.08.